The largest absolute Gasteiger partial charge is 0.293 e. The third kappa shape index (κ3) is 2.72. The van der Waals surface area contributed by atoms with E-state index in [1.807, 2.05) is 0 Å². The fourth-order valence-corrected chi connectivity index (χ4v) is 3.42. The maximum atomic E-state index is 12.2. The van der Waals surface area contributed by atoms with Crippen molar-refractivity contribution in [2.24, 2.45) is 0 Å². The van der Waals surface area contributed by atoms with Gasteiger partial charge in [0.05, 0.1) is 10.2 Å². The summed E-state index contributed by atoms with van der Waals surface area (Å²) in [4.78, 5) is 22.5. The molecule has 1 heterocycles. The minimum absolute atomic E-state index is 0.0274. The van der Waals surface area contributed by atoms with Crippen LogP contribution in [0.2, 0.25) is 0 Å². The molecule has 0 N–H and O–H groups in total. The summed E-state index contributed by atoms with van der Waals surface area (Å²) in [5, 5.41) is 10.7. The van der Waals surface area contributed by atoms with Crippen molar-refractivity contribution in [3.63, 3.8) is 0 Å². The SMILES string of the molecule is Cc1cc(C(=O)C2CCCCS2)ccc1[N+](=O)[O-]. The lowest BCUT2D eigenvalue weighted by Gasteiger charge is -2.20. The van der Waals surface area contributed by atoms with Gasteiger partial charge in [0, 0.05) is 17.2 Å². The van der Waals surface area contributed by atoms with E-state index in [9.17, 15) is 14.9 Å². The van der Waals surface area contributed by atoms with Crippen molar-refractivity contribution in [2.45, 2.75) is 31.4 Å². The van der Waals surface area contributed by atoms with Crippen LogP contribution in [0.1, 0.15) is 35.2 Å². The van der Waals surface area contributed by atoms with E-state index >= 15 is 0 Å². The van der Waals surface area contributed by atoms with Crippen LogP contribution < -0.4 is 0 Å². The third-order valence-electron chi connectivity index (χ3n) is 3.15. The van der Waals surface area contributed by atoms with E-state index in [4.69, 9.17) is 0 Å². The maximum Gasteiger partial charge on any atom is 0.272 e. The average molecular weight is 265 g/mol. The molecule has 4 nitrogen and oxygen atoms in total. The van der Waals surface area contributed by atoms with Crippen LogP contribution in [0.3, 0.4) is 0 Å². The first-order chi connectivity index (χ1) is 8.59. The number of benzene rings is 1. The molecule has 1 aliphatic rings. The van der Waals surface area contributed by atoms with E-state index in [-0.39, 0.29) is 16.7 Å². The van der Waals surface area contributed by atoms with Gasteiger partial charge in [0.1, 0.15) is 0 Å². The number of rotatable bonds is 3. The summed E-state index contributed by atoms with van der Waals surface area (Å²) in [6, 6.07) is 4.63. The molecule has 1 aromatic carbocycles. The first kappa shape index (κ1) is 13.1. The minimum atomic E-state index is -0.418. The van der Waals surface area contributed by atoms with Gasteiger partial charge in [-0.05, 0) is 37.7 Å². The zero-order valence-corrected chi connectivity index (χ0v) is 11.0. The normalized spacial score (nSPS) is 19.5. The van der Waals surface area contributed by atoms with Gasteiger partial charge in [-0.1, -0.05) is 6.42 Å². The number of nitrogens with zero attached hydrogens (tertiary/aromatic N) is 1. The Morgan fingerprint density at radius 3 is 2.78 bits per heavy atom. The molecular weight excluding hydrogens is 250 g/mol. The van der Waals surface area contributed by atoms with Crippen LogP contribution in [0.5, 0.6) is 0 Å². The lowest BCUT2D eigenvalue weighted by atomic mass is 10.0. The molecule has 0 bridgehead atoms. The van der Waals surface area contributed by atoms with Crippen LogP contribution >= 0.6 is 11.8 Å². The van der Waals surface area contributed by atoms with Crippen molar-refractivity contribution in [1.82, 2.24) is 0 Å². The van der Waals surface area contributed by atoms with Crippen molar-refractivity contribution in [3.05, 3.63) is 39.4 Å². The molecule has 0 saturated carbocycles. The van der Waals surface area contributed by atoms with Crippen molar-refractivity contribution in [1.29, 1.82) is 0 Å². The maximum absolute atomic E-state index is 12.2. The van der Waals surface area contributed by atoms with E-state index in [1.54, 1.807) is 30.8 Å². The second-order valence-electron chi connectivity index (χ2n) is 4.48. The van der Waals surface area contributed by atoms with Crippen LogP contribution in [-0.4, -0.2) is 21.7 Å². The van der Waals surface area contributed by atoms with Gasteiger partial charge in [0.15, 0.2) is 5.78 Å². The topological polar surface area (TPSA) is 60.2 Å². The number of carbonyl (C=O) groups excluding carboxylic acids is 1. The number of hydrogen-bond acceptors (Lipinski definition) is 4. The van der Waals surface area contributed by atoms with E-state index < -0.39 is 4.92 Å². The van der Waals surface area contributed by atoms with E-state index in [0.717, 1.165) is 18.6 Å². The molecule has 2 rings (SSSR count). The summed E-state index contributed by atoms with van der Waals surface area (Å²) < 4.78 is 0. The molecule has 96 valence electrons. The Bertz CT molecular complexity index is 481. The Labute approximate surface area is 110 Å². The molecule has 1 saturated heterocycles. The second kappa shape index (κ2) is 5.52. The summed E-state index contributed by atoms with van der Waals surface area (Å²) >= 11 is 1.70. The number of nitro groups is 1. The smallest absolute Gasteiger partial charge is 0.272 e. The van der Waals surface area contributed by atoms with Crippen molar-refractivity contribution in [3.8, 4) is 0 Å². The number of Topliss-reactive ketones (excluding diaryl/α,β-unsaturated/α-hetero) is 1. The molecule has 0 radical (unpaired) electrons. The highest BCUT2D eigenvalue weighted by atomic mass is 32.2. The fraction of sp³-hybridized carbons (Fsp3) is 0.462. The Morgan fingerprint density at radius 1 is 1.44 bits per heavy atom. The molecule has 1 aliphatic heterocycles. The number of ketones is 1. The predicted molar refractivity (Wildman–Crippen MR) is 72.3 cm³/mol. The Hall–Kier alpha value is -1.36. The van der Waals surface area contributed by atoms with Crippen molar-refractivity contribution in [2.75, 3.05) is 5.75 Å². The Balaban J connectivity index is 2.20. The monoisotopic (exact) mass is 265 g/mol. The van der Waals surface area contributed by atoms with Crippen LogP contribution in [0.25, 0.3) is 0 Å². The van der Waals surface area contributed by atoms with Gasteiger partial charge in [-0.25, -0.2) is 0 Å². The second-order valence-corrected chi connectivity index (χ2v) is 5.79. The highest BCUT2D eigenvalue weighted by Crippen LogP contribution is 2.29. The minimum Gasteiger partial charge on any atom is -0.293 e. The molecule has 1 aromatic rings. The molecule has 5 heteroatoms. The molecule has 0 spiro atoms. The number of nitro benzene ring substituents is 1. The van der Waals surface area contributed by atoms with Gasteiger partial charge in [-0.15, -0.1) is 0 Å². The van der Waals surface area contributed by atoms with Gasteiger partial charge < -0.3 is 0 Å². The van der Waals surface area contributed by atoms with E-state index in [2.05, 4.69) is 0 Å². The third-order valence-corrected chi connectivity index (χ3v) is 4.53. The zero-order chi connectivity index (χ0) is 13.1. The summed E-state index contributed by atoms with van der Waals surface area (Å²) in [5.41, 5.74) is 1.21. The molecule has 0 amide bonds. The molecule has 0 aliphatic carbocycles. The predicted octanol–water partition coefficient (Wildman–Crippen LogP) is 3.37. The quantitative estimate of drug-likeness (QED) is 0.477. The zero-order valence-electron chi connectivity index (χ0n) is 10.2. The fourth-order valence-electron chi connectivity index (χ4n) is 2.15. The number of thioether (sulfide) groups is 1. The van der Waals surface area contributed by atoms with E-state index in [0.29, 0.717) is 11.1 Å². The summed E-state index contributed by atoms with van der Waals surface area (Å²) in [6.07, 6.45) is 3.18. The molecule has 1 atom stereocenters. The van der Waals surface area contributed by atoms with Crippen LogP contribution in [0.15, 0.2) is 18.2 Å². The molecule has 1 unspecified atom stereocenters. The summed E-state index contributed by atoms with van der Waals surface area (Å²) in [7, 11) is 0. The van der Waals surface area contributed by atoms with E-state index in [1.165, 1.54) is 12.5 Å². The number of hydrogen-bond donors (Lipinski definition) is 0. The van der Waals surface area contributed by atoms with Crippen LogP contribution in [0.4, 0.5) is 5.69 Å². The Morgan fingerprint density at radius 2 is 2.22 bits per heavy atom. The lowest BCUT2D eigenvalue weighted by Crippen LogP contribution is -2.21. The van der Waals surface area contributed by atoms with Crippen LogP contribution in [-0.2, 0) is 0 Å². The summed E-state index contributed by atoms with van der Waals surface area (Å²) in [5.74, 6) is 1.14. The lowest BCUT2D eigenvalue weighted by molar-refractivity contribution is -0.385. The number of aryl methyl sites for hydroxylation is 1. The average Bonchev–Trinajstić information content (AvgIpc) is 2.38. The molecule has 18 heavy (non-hydrogen) atoms. The highest BCUT2D eigenvalue weighted by molar-refractivity contribution is 8.00. The van der Waals surface area contributed by atoms with Crippen LogP contribution in [0, 0.1) is 17.0 Å². The first-order valence-electron chi connectivity index (χ1n) is 6.00. The standard InChI is InChI=1S/C13H15NO3S/c1-9-8-10(5-6-11(9)14(16)17)13(15)12-4-2-3-7-18-12/h5-6,8,12H,2-4,7H2,1H3. The van der Waals surface area contributed by atoms with Crippen molar-refractivity contribution >= 4 is 23.2 Å². The van der Waals surface area contributed by atoms with Gasteiger partial charge in [-0.2, -0.15) is 11.8 Å². The summed E-state index contributed by atoms with van der Waals surface area (Å²) in [6.45, 7) is 1.67. The van der Waals surface area contributed by atoms with Gasteiger partial charge in [0.25, 0.3) is 5.69 Å². The first-order valence-corrected chi connectivity index (χ1v) is 7.05. The van der Waals surface area contributed by atoms with Gasteiger partial charge >= 0.3 is 0 Å². The highest BCUT2D eigenvalue weighted by Gasteiger charge is 2.24. The Kier molecular flexibility index (Phi) is 4.01. The van der Waals surface area contributed by atoms with Gasteiger partial charge in [0.2, 0.25) is 0 Å². The van der Waals surface area contributed by atoms with Gasteiger partial charge in [-0.3, -0.25) is 14.9 Å². The van der Waals surface area contributed by atoms with Crippen molar-refractivity contribution < 1.29 is 9.72 Å². The number of carbonyl (C=O) groups is 1. The molecular formula is C13H15NO3S. The molecule has 1 fully saturated rings. The molecule has 0 aromatic heterocycles.